The zero-order chi connectivity index (χ0) is 17.5. The van der Waals surface area contributed by atoms with E-state index < -0.39 is 7.82 Å². The molecule has 0 saturated heterocycles. The van der Waals surface area contributed by atoms with E-state index in [0.717, 1.165) is 0 Å². The highest BCUT2D eigenvalue weighted by atomic mass is 31.2. The summed E-state index contributed by atoms with van der Waals surface area (Å²) < 4.78 is 10.00. The Morgan fingerprint density at radius 3 is 1.50 bits per heavy atom. The minimum absolute atomic E-state index is 1.23. The number of phosphoric acid groups is 1. The Balaban J connectivity index is 0. The van der Waals surface area contributed by atoms with E-state index in [0.29, 0.717) is 0 Å². The number of hydrogen-bond acceptors (Lipinski definition) is 2. The van der Waals surface area contributed by atoms with Crippen LogP contribution in [0.15, 0.2) is 0 Å². The van der Waals surface area contributed by atoms with Crippen molar-refractivity contribution in [3.05, 3.63) is 0 Å². The molecule has 6 heteroatoms. The first-order valence-corrected chi connectivity index (χ1v) is 10.2. The van der Waals surface area contributed by atoms with Gasteiger partial charge in [-0.3, -0.25) is 4.57 Å². The lowest BCUT2D eigenvalue weighted by Crippen LogP contribution is -2.41. The van der Waals surface area contributed by atoms with Crippen molar-refractivity contribution in [2.45, 2.75) is 78.1 Å². The molecule has 0 radical (unpaired) electrons. The Morgan fingerprint density at radius 1 is 0.773 bits per heavy atom. The Hall–Kier alpha value is 0.0700. The molecule has 0 amide bonds. The van der Waals surface area contributed by atoms with Gasteiger partial charge in [-0.1, -0.05) is 58.8 Å². The first-order chi connectivity index (χ1) is 10.1. The van der Waals surface area contributed by atoms with E-state index in [-0.39, 0.29) is 0 Å². The van der Waals surface area contributed by atoms with Gasteiger partial charge in [0.15, 0.2) is 0 Å². The maximum Gasteiger partial charge on any atom is 0.262 e. The van der Waals surface area contributed by atoms with Crippen molar-refractivity contribution in [2.24, 2.45) is 0 Å². The molecule has 0 spiro atoms. The van der Waals surface area contributed by atoms with Crippen molar-refractivity contribution in [1.29, 1.82) is 0 Å². The number of hydrogen-bond donors (Lipinski definition) is 2. The Bertz CT molecular complexity index is 271. The van der Waals surface area contributed by atoms with Crippen molar-refractivity contribution in [2.75, 3.05) is 27.2 Å². The SMILES string of the molecule is CCCCCCCCCC[N+](C)(C)CCCC.O=P([O-])(O)O. The summed E-state index contributed by atoms with van der Waals surface area (Å²) in [6.07, 6.45) is 14.2. The molecule has 2 N–H and O–H groups in total. The third-order valence-electron chi connectivity index (χ3n) is 3.73. The van der Waals surface area contributed by atoms with Gasteiger partial charge in [-0.25, -0.2) is 0 Å². The Kier molecular flexibility index (Phi) is 16.2. The fraction of sp³-hybridized carbons (Fsp3) is 1.00. The predicted octanol–water partition coefficient (Wildman–Crippen LogP) is 3.44. The van der Waals surface area contributed by atoms with E-state index in [1.807, 2.05) is 0 Å². The topological polar surface area (TPSA) is 80.6 Å². The number of unbranched alkanes of at least 4 members (excludes halogenated alkanes) is 8. The lowest BCUT2D eigenvalue weighted by atomic mass is 10.1. The molecule has 0 aliphatic heterocycles. The minimum atomic E-state index is -4.89. The molecule has 0 saturated carbocycles. The molecule has 0 heterocycles. The number of rotatable bonds is 12. The number of quaternary nitrogens is 1. The summed E-state index contributed by atoms with van der Waals surface area (Å²) in [6, 6.07) is 0. The summed E-state index contributed by atoms with van der Waals surface area (Å²) in [6.45, 7) is 7.30. The first kappa shape index (κ1) is 24.3. The van der Waals surface area contributed by atoms with Crippen LogP contribution in [0, 0.1) is 0 Å². The molecule has 22 heavy (non-hydrogen) atoms. The highest BCUT2D eigenvalue weighted by molar-refractivity contribution is 7.43. The van der Waals surface area contributed by atoms with Crippen LogP contribution in [0.4, 0.5) is 0 Å². The zero-order valence-electron chi connectivity index (χ0n) is 15.1. The molecule has 0 aliphatic rings. The molecule has 0 aromatic heterocycles. The van der Waals surface area contributed by atoms with Gasteiger partial charge in [0, 0.05) is 0 Å². The van der Waals surface area contributed by atoms with Crippen LogP contribution in [-0.4, -0.2) is 41.5 Å². The molecule has 0 bridgehead atoms. The van der Waals surface area contributed by atoms with E-state index in [1.54, 1.807) is 0 Å². The molecule has 0 aromatic rings. The van der Waals surface area contributed by atoms with Crippen LogP contribution < -0.4 is 4.89 Å². The number of nitrogens with zero attached hydrogens (tertiary/aromatic N) is 1. The van der Waals surface area contributed by atoms with Crippen molar-refractivity contribution in [3.8, 4) is 0 Å². The monoisotopic (exact) mass is 339 g/mol. The van der Waals surface area contributed by atoms with Gasteiger partial charge in [-0.2, -0.15) is 0 Å². The van der Waals surface area contributed by atoms with Gasteiger partial charge in [0.25, 0.3) is 7.82 Å². The second-order valence-corrected chi connectivity index (χ2v) is 7.68. The fourth-order valence-electron chi connectivity index (χ4n) is 2.37. The smallest absolute Gasteiger partial charge is 0.262 e. The van der Waals surface area contributed by atoms with Crippen LogP contribution in [0.2, 0.25) is 0 Å². The van der Waals surface area contributed by atoms with Crippen LogP contribution in [0.25, 0.3) is 0 Å². The molecule has 0 aliphatic carbocycles. The van der Waals surface area contributed by atoms with Gasteiger partial charge in [0.1, 0.15) is 0 Å². The average molecular weight is 339 g/mol. The van der Waals surface area contributed by atoms with Crippen LogP contribution >= 0.6 is 7.82 Å². The van der Waals surface area contributed by atoms with Gasteiger partial charge in [0.05, 0.1) is 27.2 Å². The van der Waals surface area contributed by atoms with Gasteiger partial charge < -0.3 is 19.2 Å². The van der Waals surface area contributed by atoms with E-state index in [9.17, 15) is 0 Å². The lowest BCUT2D eigenvalue weighted by molar-refractivity contribution is -0.890. The largest absolute Gasteiger partial charge is 0.756 e. The molecule has 5 nitrogen and oxygen atoms in total. The van der Waals surface area contributed by atoms with E-state index >= 15 is 0 Å². The van der Waals surface area contributed by atoms with Crippen molar-refractivity contribution >= 4 is 7.82 Å². The van der Waals surface area contributed by atoms with Crippen molar-refractivity contribution < 1.29 is 23.7 Å². The molecule has 136 valence electrons. The molecular formula is C16H38NO4P. The van der Waals surface area contributed by atoms with Crippen LogP contribution in [0.3, 0.4) is 0 Å². The fourth-order valence-corrected chi connectivity index (χ4v) is 2.37. The quantitative estimate of drug-likeness (QED) is 0.324. The van der Waals surface area contributed by atoms with E-state index in [1.165, 1.54) is 81.8 Å². The summed E-state index contributed by atoms with van der Waals surface area (Å²) in [5.41, 5.74) is 0. The van der Waals surface area contributed by atoms with Crippen LogP contribution in [-0.2, 0) is 4.57 Å². The van der Waals surface area contributed by atoms with E-state index in [2.05, 4.69) is 27.9 Å². The van der Waals surface area contributed by atoms with Gasteiger partial charge in [-0.05, 0) is 19.3 Å². The van der Waals surface area contributed by atoms with Gasteiger partial charge in [-0.15, -0.1) is 0 Å². The average Bonchev–Trinajstić information content (AvgIpc) is 2.38. The molecule has 0 unspecified atom stereocenters. The Labute approximate surface area is 137 Å². The minimum Gasteiger partial charge on any atom is -0.756 e. The summed E-state index contributed by atoms with van der Waals surface area (Å²) >= 11 is 0. The second-order valence-electron chi connectivity index (χ2n) is 6.70. The van der Waals surface area contributed by atoms with E-state index in [4.69, 9.17) is 19.2 Å². The van der Waals surface area contributed by atoms with Crippen LogP contribution in [0.5, 0.6) is 0 Å². The highest BCUT2D eigenvalue weighted by Gasteiger charge is 2.12. The highest BCUT2D eigenvalue weighted by Crippen LogP contribution is 2.19. The van der Waals surface area contributed by atoms with Crippen molar-refractivity contribution in [3.63, 3.8) is 0 Å². The maximum atomic E-state index is 8.77. The third kappa shape index (κ3) is 28.3. The molecule has 0 rings (SSSR count). The van der Waals surface area contributed by atoms with Crippen molar-refractivity contribution in [1.82, 2.24) is 0 Å². The summed E-state index contributed by atoms with van der Waals surface area (Å²) in [5.74, 6) is 0. The lowest BCUT2D eigenvalue weighted by Gasteiger charge is -2.29. The molecular weight excluding hydrogens is 301 g/mol. The third-order valence-corrected chi connectivity index (χ3v) is 3.73. The standard InChI is InChI=1S/C16H36N.H3O4P/c1-5-7-9-10-11-12-13-14-16-17(3,4)15-8-6-2;1-5(2,3)4/h5-16H2,1-4H3;(H3,1,2,3,4)/q+1;/p-1. The maximum absolute atomic E-state index is 8.77. The Morgan fingerprint density at radius 2 is 1.09 bits per heavy atom. The first-order valence-electron chi connectivity index (χ1n) is 8.71. The summed E-state index contributed by atoms with van der Waals surface area (Å²) in [4.78, 5) is 22.9. The zero-order valence-corrected chi connectivity index (χ0v) is 16.0. The summed E-state index contributed by atoms with van der Waals surface area (Å²) in [7, 11) is -0.117. The van der Waals surface area contributed by atoms with Gasteiger partial charge in [0.2, 0.25) is 0 Å². The van der Waals surface area contributed by atoms with Gasteiger partial charge >= 0.3 is 0 Å². The second kappa shape index (κ2) is 14.6. The normalized spacial score (nSPS) is 12.0. The molecule has 0 atom stereocenters. The predicted molar refractivity (Wildman–Crippen MR) is 91.4 cm³/mol. The molecule has 0 aromatic carbocycles. The summed E-state index contributed by atoms with van der Waals surface area (Å²) in [5, 5.41) is 0. The van der Waals surface area contributed by atoms with Crippen LogP contribution in [0.1, 0.15) is 78.1 Å². The molecule has 0 fully saturated rings.